The fraction of sp³-hybridized carbons (Fsp3) is 0.200. The third-order valence-electron chi connectivity index (χ3n) is 1.92. The summed E-state index contributed by atoms with van der Waals surface area (Å²) in [6.07, 6.45) is 2.13. The lowest BCUT2D eigenvalue weighted by atomic mass is 10.1. The monoisotopic (exact) mass is 224 g/mol. The van der Waals surface area contributed by atoms with E-state index in [0.29, 0.717) is 0 Å². The van der Waals surface area contributed by atoms with Gasteiger partial charge in [0.1, 0.15) is 0 Å². The summed E-state index contributed by atoms with van der Waals surface area (Å²) in [7, 11) is 0. The van der Waals surface area contributed by atoms with Gasteiger partial charge >= 0.3 is 0 Å². The van der Waals surface area contributed by atoms with Crippen molar-refractivity contribution in [2.24, 2.45) is 0 Å². The predicted octanol–water partition coefficient (Wildman–Crippen LogP) is 2.86. The fourth-order valence-corrected chi connectivity index (χ4v) is 1.52. The van der Waals surface area contributed by atoms with Gasteiger partial charge in [-0.05, 0) is 23.3 Å². The minimum absolute atomic E-state index is 0.752. The molecule has 0 aromatic heterocycles. The Balaban J connectivity index is 2.28. The second-order valence-corrected chi connectivity index (χ2v) is 3.67. The number of halogens is 1. The summed E-state index contributed by atoms with van der Waals surface area (Å²) in [6, 6.07) is 8.30. The van der Waals surface area contributed by atoms with E-state index >= 15 is 0 Å². The molecule has 0 radical (unpaired) electrons. The fourth-order valence-electron chi connectivity index (χ4n) is 1.25. The smallest absolute Gasteiger partial charge is 0.0724 e. The summed E-state index contributed by atoms with van der Waals surface area (Å²) in [5.41, 5.74) is 2.55. The Kier molecular flexibility index (Phi) is 2.28. The molecule has 12 heavy (non-hydrogen) atoms. The number of hydrogen-bond acceptors (Lipinski definition) is 1. The predicted molar refractivity (Wildman–Crippen MR) is 52.9 cm³/mol. The topological polar surface area (TPSA) is 9.23 Å². The zero-order valence-corrected chi connectivity index (χ0v) is 8.17. The van der Waals surface area contributed by atoms with E-state index in [-0.39, 0.29) is 0 Å². The lowest BCUT2D eigenvalue weighted by molar-refractivity contribution is 0.216. The molecule has 0 saturated carbocycles. The first-order chi connectivity index (χ1) is 5.86. The first-order valence-corrected chi connectivity index (χ1v) is 4.68. The highest BCUT2D eigenvalue weighted by Gasteiger charge is 2.06. The maximum absolute atomic E-state index is 5.24. The van der Waals surface area contributed by atoms with E-state index < -0.39 is 0 Å². The highest BCUT2D eigenvalue weighted by atomic mass is 79.9. The molecule has 0 spiro atoms. The minimum Gasteiger partial charge on any atom is -0.373 e. The van der Waals surface area contributed by atoms with E-state index in [4.69, 9.17) is 4.74 Å². The van der Waals surface area contributed by atoms with Crippen LogP contribution in [-0.2, 0) is 4.74 Å². The average molecular weight is 225 g/mol. The lowest BCUT2D eigenvalue weighted by Crippen LogP contribution is -1.86. The molecule has 1 nitrogen and oxygen atoms in total. The average Bonchev–Trinajstić information content (AvgIpc) is 2.58. The molecule has 0 N–H and O–H groups in total. The standard InChI is InChI=1S/C10H9BrO/c11-10-3-1-8(2-4-10)9-5-6-12-7-9/h1-5H,6-7H2. The van der Waals surface area contributed by atoms with Crippen LogP contribution in [0.5, 0.6) is 0 Å². The number of hydrogen-bond donors (Lipinski definition) is 0. The van der Waals surface area contributed by atoms with Gasteiger partial charge < -0.3 is 4.74 Å². The van der Waals surface area contributed by atoms with Crippen molar-refractivity contribution in [1.29, 1.82) is 0 Å². The summed E-state index contributed by atoms with van der Waals surface area (Å²) < 4.78 is 6.35. The molecule has 0 amide bonds. The molecular formula is C10H9BrO. The van der Waals surface area contributed by atoms with Crippen molar-refractivity contribution in [2.45, 2.75) is 0 Å². The van der Waals surface area contributed by atoms with Gasteiger partial charge in [-0.25, -0.2) is 0 Å². The largest absolute Gasteiger partial charge is 0.373 e. The van der Waals surface area contributed by atoms with Crippen LogP contribution in [0, 0.1) is 0 Å². The number of ether oxygens (including phenoxy) is 1. The van der Waals surface area contributed by atoms with Gasteiger partial charge in [-0.2, -0.15) is 0 Å². The van der Waals surface area contributed by atoms with Crippen LogP contribution < -0.4 is 0 Å². The summed E-state index contributed by atoms with van der Waals surface area (Å²) in [6.45, 7) is 1.51. The van der Waals surface area contributed by atoms with E-state index in [0.717, 1.165) is 17.7 Å². The van der Waals surface area contributed by atoms with Gasteiger partial charge in [0.2, 0.25) is 0 Å². The van der Waals surface area contributed by atoms with Gasteiger partial charge in [0.15, 0.2) is 0 Å². The van der Waals surface area contributed by atoms with Crippen LogP contribution in [0.2, 0.25) is 0 Å². The zero-order valence-electron chi connectivity index (χ0n) is 6.59. The first kappa shape index (κ1) is 8.02. The molecule has 1 aromatic rings. The summed E-state index contributed by atoms with van der Waals surface area (Å²) in [5, 5.41) is 0. The maximum Gasteiger partial charge on any atom is 0.0724 e. The van der Waals surface area contributed by atoms with E-state index in [1.54, 1.807) is 0 Å². The van der Waals surface area contributed by atoms with Crippen LogP contribution in [0.1, 0.15) is 5.56 Å². The van der Waals surface area contributed by atoms with Gasteiger partial charge in [0, 0.05) is 4.47 Å². The van der Waals surface area contributed by atoms with Crippen molar-refractivity contribution < 1.29 is 4.74 Å². The number of benzene rings is 1. The SMILES string of the molecule is Brc1ccc(C2=CCOC2)cc1. The normalized spacial score (nSPS) is 16.2. The molecule has 0 saturated heterocycles. The van der Waals surface area contributed by atoms with Gasteiger partial charge in [0.25, 0.3) is 0 Å². The van der Waals surface area contributed by atoms with Crippen molar-refractivity contribution in [3.63, 3.8) is 0 Å². The molecule has 1 heterocycles. The molecule has 2 heteroatoms. The highest BCUT2D eigenvalue weighted by Crippen LogP contribution is 2.20. The van der Waals surface area contributed by atoms with Crippen molar-refractivity contribution >= 4 is 21.5 Å². The Labute approximate surface area is 80.2 Å². The molecule has 0 atom stereocenters. The van der Waals surface area contributed by atoms with Crippen LogP contribution in [0.25, 0.3) is 5.57 Å². The lowest BCUT2D eigenvalue weighted by Gasteiger charge is -2.00. The van der Waals surface area contributed by atoms with Crippen LogP contribution in [0.15, 0.2) is 34.8 Å². The Morgan fingerprint density at radius 3 is 2.50 bits per heavy atom. The third-order valence-corrected chi connectivity index (χ3v) is 2.45. The Hall–Kier alpha value is -0.600. The summed E-state index contributed by atoms with van der Waals surface area (Å²) in [5.74, 6) is 0. The molecule has 0 unspecified atom stereocenters. The molecule has 0 fully saturated rings. The van der Waals surface area contributed by atoms with E-state index in [1.165, 1.54) is 11.1 Å². The highest BCUT2D eigenvalue weighted by molar-refractivity contribution is 9.10. The van der Waals surface area contributed by atoms with Crippen molar-refractivity contribution in [2.75, 3.05) is 13.2 Å². The number of rotatable bonds is 1. The summed E-state index contributed by atoms with van der Waals surface area (Å²) in [4.78, 5) is 0. The van der Waals surface area contributed by atoms with Crippen LogP contribution in [0.4, 0.5) is 0 Å². The molecular weight excluding hydrogens is 216 g/mol. The van der Waals surface area contributed by atoms with Gasteiger partial charge in [0.05, 0.1) is 13.2 Å². The molecule has 0 bridgehead atoms. The quantitative estimate of drug-likeness (QED) is 0.714. The van der Waals surface area contributed by atoms with E-state index in [2.05, 4.69) is 46.3 Å². The van der Waals surface area contributed by atoms with Crippen molar-refractivity contribution in [1.82, 2.24) is 0 Å². The van der Waals surface area contributed by atoms with Crippen LogP contribution in [-0.4, -0.2) is 13.2 Å². The second kappa shape index (κ2) is 3.42. The van der Waals surface area contributed by atoms with Crippen LogP contribution in [0.3, 0.4) is 0 Å². The summed E-state index contributed by atoms with van der Waals surface area (Å²) >= 11 is 3.40. The Bertz CT molecular complexity index is 300. The Morgan fingerprint density at radius 1 is 1.17 bits per heavy atom. The van der Waals surface area contributed by atoms with E-state index in [9.17, 15) is 0 Å². The molecule has 62 valence electrons. The minimum atomic E-state index is 0.752. The van der Waals surface area contributed by atoms with Crippen molar-refractivity contribution in [3.8, 4) is 0 Å². The van der Waals surface area contributed by atoms with Crippen molar-refractivity contribution in [3.05, 3.63) is 40.4 Å². The third kappa shape index (κ3) is 1.59. The van der Waals surface area contributed by atoms with E-state index in [1.807, 2.05) is 0 Å². The van der Waals surface area contributed by atoms with Gasteiger partial charge in [-0.15, -0.1) is 0 Å². The van der Waals surface area contributed by atoms with Gasteiger partial charge in [-0.3, -0.25) is 0 Å². The zero-order chi connectivity index (χ0) is 8.39. The van der Waals surface area contributed by atoms with Gasteiger partial charge in [-0.1, -0.05) is 34.1 Å². The second-order valence-electron chi connectivity index (χ2n) is 2.75. The molecule has 1 aliphatic rings. The Morgan fingerprint density at radius 2 is 1.92 bits per heavy atom. The van der Waals surface area contributed by atoms with Crippen LogP contribution >= 0.6 is 15.9 Å². The molecule has 1 aliphatic heterocycles. The first-order valence-electron chi connectivity index (χ1n) is 3.89. The molecule has 1 aromatic carbocycles. The molecule has 2 rings (SSSR count). The molecule has 0 aliphatic carbocycles. The maximum atomic E-state index is 5.24.